The van der Waals surface area contributed by atoms with Crippen molar-refractivity contribution in [2.24, 2.45) is 5.92 Å². The maximum absolute atomic E-state index is 12.8. The van der Waals surface area contributed by atoms with Crippen LogP contribution in [0.1, 0.15) is 31.7 Å². The van der Waals surface area contributed by atoms with Crippen LogP contribution in [-0.2, 0) is 6.54 Å². The summed E-state index contributed by atoms with van der Waals surface area (Å²) >= 11 is 5.93. The Morgan fingerprint density at radius 2 is 1.94 bits per heavy atom. The number of nitrogens with two attached hydrogens (primary N) is 1. The van der Waals surface area contributed by atoms with Crippen LogP contribution in [0.2, 0.25) is 5.02 Å². The number of piperidine rings is 1. The average molecular weight is 472 g/mol. The summed E-state index contributed by atoms with van der Waals surface area (Å²) in [5, 5.41) is 3.49. The molecule has 2 fully saturated rings. The number of hydrogen-bond acceptors (Lipinski definition) is 6. The lowest BCUT2D eigenvalue weighted by Crippen LogP contribution is -2.57. The smallest absolute Gasteiger partial charge is 0.317 e. The molecule has 178 valence electrons. The second kappa shape index (κ2) is 11.0. The van der Waals surface area contributed by atoms with Crippen LogP contribution in [0.3, 0.4) is 0 Å². The molecule has 9 heteroatoms. The van der Waals surface area contributed by atoms with E-state index < -0.39 is 0 Å². The van der Waals surface area contributed by atoms with Crippen LogP contribution in [0, 0.1) is 5.92 Å². The summed E-state index contributed by atoms with van der Waals surface area (Å²) < 4.78 is 0. The van der Waals surface area contributed by atoms with Gasteiger partial charge in [-0.1, -0.05) is 41.9 Å². The topological polar surface area (TPSA) is 90.6 Å². The van der Waals surface area contributed by atoms with Crippen molar-refractivity contribution in [1.29, 1.82) is 0 Å². The second-order valence-electron chi connectivity index (χ2n) is 9.12. The molecule has 2 amide bonds. The van der Waals surface area contributed by atoms with E-state index in [1.165, 1.54) is 24.6 Å². The number of nitrogens with one attached hydrogen (secondary N) is 1. The van der Waals surface area contributed by atoms with Crippen molar-refractivity contribution in [2.75, 3.05) is 49.9 Å². The molecule has 1 atom stereocenters. The monoisotopic (exact) mass is 471 g/mol. The van der Waals surface area contributed by atoms with Crippen molar-refractivity contribution in [1.82, 2.24) is 25.1 Å². The Hall–Kier alpha value is -2.58. The number of aromatic nitrogens is 2. The van der Waals surface area contributed by atoms with Crippen LogP contribution in [-0.4, -0.2) is 71.1 Å². The third-order valence-corrected chi connectivity index (χ3v) is 7.01. The number of amides is 2. The van der Waals surface area contributed by atoms with Crippen LogP contribution < -0.4 is 16.0 Å². The van der Waals surface area contributed by atoms with Gasteiger partial charge in [-0.2, -0.15) is 4.98 Å². The highest BCUT2D eigenvalue weighted by Gasteiger charge is 2.29. The molecule has 2 saturated heterocycles. The molecule has 4 rings (SSSR count). The molecule has 1 aromatic carbocycles. The van der Waals surface area contributed by atoms with Crippen molar-refractivity contribution >= 4 is 29.4 Å². The number of rotatable bonds is 6. The van der Waals surface area contributed by atoms with Crippen molar-refractivity contribution in [2.45, 2.75) is 38.8 Å². The van der Waals surface area contributed by atoms with Crippen molar-refractivity contribution in [3.8, 4) is 0 Å². The molecule has 0 radical (unpaired) electrons. The Balaban J connectivity index is 1.16. The number of urea groups is 1. The Morgan fingerprint density at radius 3 is 2.64 bits per heavy atom. The van der Waals surface area contributed by atoms with Gasteiger partial charge in [0.1, 0.15) is 10.8 Å². The van der Waals surface area contributed by atoms with E-state index in [-0.39, 0.29) is 17.9 Å². The van der Waals surface area contributed by atoms with Crippen molar-refractivity contribution < 1.29 is 4.79 Å². The van der Waals surface area contributed by atoms with Crippen LogP contribution in [0.5, 0.6) is 0 Å². The Morgan fingerprint density at radius 1 is 1.18 bits per heavy atom. The molecule has 33 heavy (non-hydrogen) atoms. The number of nitrogen functional groups attached to an aromatic ring is 1. The number of carbonyl (C=O) groups is 1. The average Bonchev–Trinajstić information content (AvgIpc) is 2.82. The summed E-state index contributed by atoms with van der Waals surface area (Å²) in [6, 6.07) is 10.7. The van der Waals surface area contributed by atoms with Gasteiger partial charge in [-0.3, -0.25) is 4.90 Å². The zero-order valence-corrected chi connectivity index (χ0v) is 20.0. The largest absolute Gasteiger partial charge is 0.382 e. The number of benzene rings is 1. The molecule has 2 aromatic rings. The first kappa shape index (κ1) is 23.6. The normalized spacial score (nSPS) is 20.1. The molecule has 0 spiro atoms. The lowest BCUT2D eigenvalue weighted by molar-refractivity contribution is 0.162. The van der Waals surface area contributed by atoms with E-state index in [1.807, 2.05) is 16.7 Å². The van der Waals surface area contributed by atoms with E-state index in [1.54, 1.807) is 0 Å². The molecule has 0 unspecified atom stereocenters. The molecular weight excluding hydrogens is 438 g/mol. The minimum Gasteiger partial charge on any atom is -0.382 e. The van der Waals surface area contributed by atoms with E-state index in [0.29, 0.717) is 36.5 Å². The molecule has 8 nitrogen and oxygen atoms in total. The third kappa shape index (κ3) is 6.26. The van der Waals surface area contributed by atoms with Crippen molar-refractivity contribution in [3.05, 3.63) is 47.1 Å². The van der Waals surface area contributed by atoms with Crippen LogP contribution in [0.15, 0.2) is 36.5 Å². The number of nitrogens with zero attached hydrogens (tertiary/aromatic N) is 5. The molecule has 3 N–H and O–H groups in total. The van der Waals surface area contributed by atoms with Gasteiger partial charge < -0.3 is 20.9 Å². The van der Waals surface area contributed by atoms with E-state index >= 15 is 0 Å². The summed E-state index contributed by atoms with van der Waals surface area (Å²) in [6.45, 7) is 8.01. The van der Waals surface area contributed by atoms with E-state index in [9.17, 15) is 4.79 Å². The summed E-state index contributed by atoms with van der Waals surface area (Å²) in [6.07, 6.45) is 4.95. The van der Waals surface area contributed by atoms with E-state index in [0.717, 1.165) is 32.6 Å². The van der Waals surface area contributed by atoms with Gasteiger partial charge in [0.25, 0.3) is 0 Å². The molecule has 1 aromatic heterocycles. The number of carbonyl (C=O) groups excluding carboxylic acids is 1. The quantitative estimate of drug-likeness (QED) is 0.672. The Labute approximate surface area is 201 Å². The van der Waals surface area contributed by atoms with Gasteiger partial charge in [0.15, 0.2) is 0 Å². The van der Waals surface area contributed by atoms with E-state index in [2.05, 4.69) is 50.5 Å². The summed E-state index contributed by atoms with van der Waals surface area (Å²) in [5.74, 6) is 1.52. The number of piperazine rings is 1. The summed E-state index contributed by atoms with van der Waals surface area (Å²) in [5.41, 5.74) is 7.19. The van der Waals surface area contributed by atoms with Crippen molar-refractivity contribution in [3.63, 3.8) is 0 Å². The van der Waals surface area contributed by atoms with Gasteiger partial charge in [-0.05, 0) is 50.8 Å². The number of halogens is 1. The maximum atomic E-state index is 12.8. The standard InChI is InChI=1S/C24H34ClN7O/c1-18-16-31(23-28-15-21(25)22(26)29-23)13-14-32(18)24(33)27-10-7-19-8-11-30(12-9-19)17-20-5-3-2-4-6-20/h2-6,15,18-19H,7-14,16-17H2,1H3,(H,27,33)(H2,26,28,29)/t18-/m1/s1. The minimum atomic E-state index is 0.0141. The number of hydrogen-bond donors (Lipinski definition) is 2. The van der Waals surface area contributed by atoms with Gasteiger partial charge in [0, 0.05) is 38.8 Å². The third-order valence-electron chi connectivity index (χ3n) is 6.71. The summed E-state index contributed by atoms with van der Waals surface area (Å²) in [7, 11) is 0. The molecule has 0 saturated carbocycles. The molecular formula is C24H34ClN7O. The predicted molar refractivity (Wildman–Crippen MR) is 132 cm³/mol. The minimum absolute atomic E-state index is 0.0141. The highest BCUT2D eigenvalue weighted by atomic mass is 35.5. The predicted octanol–water partition coefficient (Wildman–Crippen LogP) is 3.23. The fourth-order valence-electron chi connectivity index (χ4n) is 4.72. The van der Waals surface area contributed by atoms with Gasteiger partial charge in [-0.25, -0.2) is 9.78 Å². The second-order valence-corrected chi connectivity index (χ2v) is 9.52. The van der Waals surface area contributed by atoms with Crippen LogP contribution >= 0.6 is 11.6 Å². The van der Waals surface area contributed by atoms with Gasteiger partial charge in [0.05, 0.1) is 6.20 Å². The Bertz CT molecular complexity index is 920. The van der Waals surface area contributed by atoms with Crippen LogP contribution in [0.25, 0.3) is 0 Å². The Kier molecular flexibility index (Phi) is 7.88. The zero-order chi connectivity index (χ0) is 23.2. The van der Waals surface area contributed by atoms with Gasteiger partial charge in [-0.15, -0.1) is 0 Å². The van der Waals surface area contributed by atoms with Gasteiger partial charge >= 0.3 is 6.03 Å². The molecule has 2 aliphatic rings. The lowest BCUT2D eigenvalue weighted by atomic mass is 9.93. The molecule has 0 bridgehead atoms. The van der Waals surface area contributed by atoms with E-state index in [4.69, 9.17) is 17.3 Å². The highest BCUT2D eigenvalue weighted by molar-refractivity contribution is 6.32. The molecule has 0 aliphatic carbocycles. The molecule has 2 aliphatic heterocycles. The zero-order valence-electron chi connectivity index (χ0n) is 19.3. The SMILES string of the molecule is C[C@@H]1CN(c2ncc(Cl)c(N)n2)CCN1C(=O)NCCC1CCN(Cc2ccccc2)CC1. The molecule has 3 heterocycles. The lowest BCUT2D eigenvalue weighted by Gasteiger charge is -2.39. The number of anilines is 2. The number of likely N-dealkylation sites (tertiary alicyclic amines) is 1. The fourth-order valence-corrected chi connectivity index (χ4v) is 4.81. The maximum Gasteiger partial charge on any atom is 0.317 e. The first-order valence-corrected chi connectivity index (χ1v) is 12.2. The first-order valence-electron chi connectivity index (χ1n) is 11.8. The fraction of sp³-hybridized carbons (Fsp3) is 0.542. The highest BCUT2D eigenvalue weighted by Crippen LogP contribution is 2.22. The van der Waals surface area contributed by atoms with Gasteiger partial charge in [0.2, 0.25) is 5.95 Å². The van der Waals surface area contributed by atoms with Crippen LogP contribution in [0.4, 0.5) is 16.6 Å². The summed E-state index contributed by atoms with van der Waals surface area (Å²) in [4.78, 5) is 27.8. The first-order chi connectivity index (χ1) is 16.0.